The SMILES string of the molecule is CCN1CCN(c2cccc3c2oc(=O)n3C)CC1. The molecule has 1 fully saturated rings. The van der Waals surface area contributed by atoms with Crippen LogP contribution in [0.3, 0.4) is 0 Å². The van der Waals surface area contributed by atoms with Crippen LogP contribution in [-0.2, 0) is 7.05 Å². The zero-order chi connectivity index (χ0) is 13.4. The largest absolute Gasteiger partial charge is 0.419 e. The van der Waals surface area contributed by atoms with Crippen LogP contribution in [0.5, 0.6) is 0 Å². The molecule has 0 bridgehead atoms. The third-order valence-corrected chi connectivity index (χ3v) is 3.96. The predicted molar refractivity (Wildman–Crippen MR) is 75.8 cm³/mol. The highest BCUT2D eigenvalue weighted by Crippen LogP contribution is 2.26. The fourth-order valence-electron chi connectivity index (χ4n) is 2.69. The molecular formula is C14H19N3O2. The average Bonchev–Trinajstić information content (AvgIpc) is 2.75. The molecule has 3 rings (SSSR count). The molecule has 0 atom stereocenters. The van der Waals surface area contributed by atoms with Crippen molar-refractivity contribution in [3.05, 3.63) is 28.7 Å². The first kappa shape index (κ1) is 12.3. The zero-order valence-electron chi connectivity index (χ0n) is 11.4. The van der Waals surface area contributed by atoms with Crippen LogP contribution in [0.1, 0.15) is 6.92 Å². The van der Waals surface area contributed by atoms with Gasteiger partial charge in [0.05, 0.1) is 11.2 Å². The molecule has 1 aromatic carbocycles. The molecule has 1 aliphatic rings. The summed E-state index contributed by atoms with van der Waals surface area (Å²) in [5.74, 6) is -0.297. The van der Waals surface area contributed by atoms with Gasteiger partial charge in [0.2, 0.25) is 0 Å². The van der Waals surface area contributed by atoms with Crippen LogP contribution in [0.25, 0.3) is 11.1 Å². The summed E-state index contributed by atoms with van der Waals surface area (Å²) in [6.07, 6.45) is 0. The van der Waals surface area contributed by atoms with Crippen LogP contribution in [0.4, 0.5) is 5.69 Å². The van der Waals surface area contributed by atoms with E-state index >= 15 is 0 Å². The van der Waals surface area contributed by atoms with Gasteiger partial charge in [0, 0.05) is 33.2 Å². The number of nitrogens with zero attached hydrogens (tertiary/aromatic N) is 3. The Kier molecular flexibility index (Phi) is 3.06. The summed E-state index contributed by atoms with van der Waals surface area (Å²) in [5.41, 5.74) is 2.60. The van der Waals surface area contributed by atoms with Gasteiger partial charge in [-0.2, -0.15) is 0 Å². The summed E-state index contributed by atoms with van der Waals surface area (Å²) in [4.78, 5) is 16.4. The van der Waals surface area contributed by atoms with E-state index in [1.807, 2.05) is 18.2 Å². The highest BCUT2D eigenvalue weighted by molar-refractivity contribution is 5.87. The number of benzene rings is 1. The second kappa shape index (κ2) is 4.74. The molecule has 0 unspecified atom stereocenters. The minimum Gasteiger partial charge on any atom is -0.405 e. The second-order valence-corrected chi connectivity index (χ2v) is 4.97. The van der Waals surface area contributed by atoms with Gasteiger partial charge in [-0.25, -0.2) is 4.79 Å². The average molecular weight is 261 g/mol. The van der Waals surface area contributed by atoms with Crippen LogP contribution in [0.2, 0.25) is 0 Å². The third-order valence-electron chi connectivity index (χ3n) is 3.96. The molecule has 2 aromatic rings. The number of piperazine rings is 1. The van der Waals surface area contributed by atoms with Crippen molar-refractivity contribution in [2.75, 3.05) is 37.6 Å². The lowest BCUT2D eigenvalue weighted by atomic mass is 10.2. The molecule has 1 saturated heterocycles. The lowest BCUT2D eigenvalue weighted by molar-refractivity contribution is 0.271. The van der Waals surface area contributed by atoms with E-state index < -0.39 is 0 Å². The highest BCUT2D eigenvalue weighted by atomic mass is 16.4. The first-order valence-electron chi connectivity index (χ1n) is 6.76. The number of fused-ring (bicyclic) bond motifs is 1. The predicted octanol–water partition coefficient (Wildman–Crippen LogP) is 1.27. The van der Waals surface area contributed by atoms with Gasteiger partial charge >= 0.3 is 5.76 Å². The molecule has 0 radical (unpaired) electrons. The van der Waals surface area contributed by atoms with E-state index in [0.717, 1.165) is 43.9 Å². The standard InChI is InChI=1S/C14H19N3O2/c1-3-16-7-9-17(10-8-16)12-6-4-5-11-13(12)19-14(18)15(11)2/h4-6H,3,7-10H2,1-2H3. The van der Waals surface area contributed by atoms with E-state index in [4.69, 9.17) is 4.42 Å². The van der Waals surface area contributed by atoms with Gasteiger partial charge in [-0.3, -0.25) is 4.57 Å². The summed E-state index contributed by atoms with van der Waals surface area (Å²) >= 11 is 0. The highest BCUT2D eigenvalue weighted by Gasteiger charge is 2.20. The number of para-hydroxylation sites is 1. The van der Waals surface area contributed by atoms with Crippen LogP contribution in [0, 0.1) is 0 Å². The van der Waals surface area contributed by atoms with Crippen molar-refractivity contribution < 1.29 is 4.42 Å². The molecule has 0 amide bonds. The molecule has 19 heavy (non-hydrogen) atoms. The van der Waals surface area contributed by atoms with E-state index in [9.17, 15) is 4.79 Å². The first-order chi connectivity index (χ1) is 9.20. The van der Waals surface area contributed by atoms with Crippen molar-refractivity contribution in [1.29, 1.82) is 0 Å². The van der Waals surface area contributed by atoms with Gasteiger partial charge in [0.15, 0.2) is 5.58 Å². The Labute approximate surface area is 112 Å². The number of aryl methyl sites for hydroxylation is 1. The van der Waals surface area contributed by atoms with Crippen molar-refractivity contribution in [3.8, 4) is 0 Å². The maximum absolute atomic E-state index is 11.6. The molecule has 0 N–H and O–H groups in total. The topological polar surface area (TPSA) is 41.6 Å². The van der Waals surface area contributed by atoms with Gasteiger partial charge in [0.25, 0.3) is 0 Å². The van der Waals surface area contributed by atoms with E-state index in [-0.39, 0.29) is 5.76 Å². The monoisotopic (exact) mass is 261 g/mol. The fraction of sp³-hybridized carbons (Fsp3) is 0.500. The molecule has 102 valence electrons. The molecule has 0 spiro atoms. The van der Waals surface area contributed by atoms with Crippen molar-refractivity contribution >= 4 is 16.8 Å². The number of anilines is 1. The Hall–Kier alpha value is -1.75. The number of hydrogen-bond donors (Lipinski definition) is 0. The Morgan fingerprint density at radius 1 is 1.21 bits per heavy atom. The van der Waals surface area contributed by atoms with Gasteiger partial charge in [-0.1, -0.05) is 13.0 Å². The summed E-state index contributed by atoms with van der Waals surface area (Å²) in [6, 6.07) is 5.94. The number of oxazole rings is 1. The van der Waals surface area contributed by atoms with Crippen LogP contribution in [-0.4, -0.2) is 42.2 Å². The van der Waals surface area contributed by atoms with Crippen molar-refractivity contribution in [3.63, 3.8) is 0 Å². The lowest BCUT2D eigenvalue weighted by Crippen LogP contribution is -2.46. The Morgan fingerprint density at radius 3 is 2.63 bits per heavy atom. The van der Waals surface area contributed by atoms with Gasteiger partial charge in [-0.05, 0) is 18.7 Å². The summed E-state index contributed by atoms with van der Waals surface area (Å²) < 4.78 is 6.95. The number of aromatic nitrogens is 1. The summed E-state index contributed by atoms with van der Waals surface area (Å²) in [5, 5.41) is 0. The van der Waals surface area contributed by atoms with E-state index in [1.165, 1.54) is 0 Å². The molecule has 0 saturated carbocycles. The van der Waals surface area contributed by atoms with Crippen LogP contribution < -0.4 is 10.7 Å². The van der Waals surface area contributed by atoms with Gasteiger partial charge < -0.3 is 14.2 Å². The maximum atomic E-state index is 11.6. The molecule has 2 heterocycles. The normalized spacial score (nSPS) is 17.3. The first-order valence-corrected chi connectivity index (χ1v) is 6.76. The van der Waals surface area contributed by atoms with Crippen LogP contribution >= 0.6 is 0 Å². The molecule has 0 aliphatic carbocycles. The van der Waals surface area contributed by atoms with Crippen molar-refractivity contribution in [2.24, 2.45) is 7.05 Å². The smallest absolute Gasteiger partial charge is 0.405 e. The number of rotatable bonds is 2. The summed E-state index contributed by atoms with van der Waals surface area (Å²) in [7, 11) is 1.74. The van der Waals surface area contributed by atoms with E-state index in [2.05, 4.69) is 16.7 Å². The summed E-state index contributed by atoms with van der Waals surface area (Å²) in [6.45, 7) is 7.36. The van der Waals surface area contributed by atoms with Crippen LogP contribution in [0.15, 0.2) is 27.4 Å². The number of likely N-dealkylation sites (N-methyl/N-ethyl adjacent to an activating group) is 1. The Morgan fingerprint density at radius 2 is 1.95 bits per heavy atom. The quantitative estimate of drug-likeness (QED) is 0.816. The fourth-order valence-corrected chi connectivity index (χ4v) is 2.69. The Bertz CT molecular complexity index is 636. The van der Waals surface area contributed by atoms with E-state index in [1.54, 1.807) is 11.6 Å². The second-order valence-electron chi connectivity index (χ2n) is 4.97. The van der Waals surface area contributed by atoms with Crippen molar-refractivity contribution in [1.82, 2.24) is 9.47 Å². The molecule has 5 heteroatoms. The molecular weight excluding hydrogens is 242 g/mol. The number of hydrogen-bond acceptors (Lipinski definition) is 4. The zero-order valence-corrected chi connectivity index (χ0v) is 11.4. The molecule has 1 aromatic heterocycles. The maximum Gasteiger partial charge on any atom is 0.419 e. The van der Waals surface area contributed by atoms with Gasteiger partial charge in [-0.15, -0.1) is 0 Å². The minimum atomic E-state index is -0.297. The van der Waals surface area contributed by atoms with Gasteiger partial charge in [0.1, 0.15) is 0 Å². The minimum absolute atomic E-state index is 0.297. The van der Waals surface area contributed by atoms with Crippen molar-refractivity contribution in [2.45, 2.75) is 6.92 Å². The lowest BCUT2D eigenvalue weighted by Gasteiger charge is -2.35. The molecule has 5 nitrogen and oxygen atoms in total. The van der Waals surface area contributed by atoms with E-state index in [0.29, 0.717) is 5.58 Å². The molecule has 1 aliphatic heterocycles. The Balaban J connectivity index is 1.97. The third kappa shape index (κ3) is 2.04.